The summed E-state index contributed by atoms with van der Waals surface area (Å²) in [6.07, 6.45) is 4.31. The number of nitrogens with zero attached hydrogens (tertiary/aromatic N) is 2. The molecule has 0 aromatic heterocycles. The SMILES string of the molecule is C=C(C1=CN(C(C)=C(C)C)CC(NCc2c(C)cccc2C)=C1)N1CC(C)(F)C1. The van der Waals surface area contributed by atoms with Crippen LogP contribution < -0.4 is 5.32 Å². The average molecular weight is 396 g/mol. The number of halogens is 1. The van der Waals surface area contributed by atoms with Crippen molar-refractivity contribution in [2.24, 2.45) is 0 Å². The van der Waals surface area contributed by atoms with Crippen molar-refractivity contribution in [3.05, 3.63) is 82.0 Å². The average Bonchev–Trinajstić information content (AvgIpc) is 2.64. The summed E-state index contributed by atoms with van der Waals surface area (Å²) in [5, 5.41) is 3.64. The molecule has 1 fully saturated rings. The first-order valence-electron chi connectivity index (χ1n) is 10.3. The highest BCUT2D eigenvalue weighted by atomic mass is 19.1. The van der Waals surface area contributed by atoms with Crippen LogP contribution in [0.5, 0.6) is 0 Å². The largest absolute Gasteiger partial charge is 0.383 e. The summed E-state index contributed by atoms with van der Waals surface area (Å²) in [7, 11) is 0. The number of alkyl halides is 1. The molecule has 2 aliphatic heterocycles. The van der Waals surface area contributed by atoms with Gasteiger partial charge in [-0.25, -0.2) is 4.39 Å². The monoisotopic (exact) mass is 395 g/mol. The maximum Gasteiger partial charge on any atom is 0.142 e. The van der Waals surface area contributed by atoms with Crippen molar-refractivity contribution in [1.82, 2.24) is 15.1 Å². The third-order valence-corrected chi connectivity index (χ3v) is 6.01. The normalized spacial score (nSPS) is 17.9. The molecule has 2 heterocycles. The number of nitrogens with one attached hydrogen (secondary N) is 1. The molecule has 2 aliphatic rings. The van der Waals surface area contributed by atoms with E-state index in [0.29, 0.717) is 13.1 Å². The molecule has 0 unspecified atom stereocenters. The van der Waals surface area contributed by atoms with E-state index in [1.165, 1.54) is 28.0 Å². The number of likely N-dealkylation sites (tertiary alicyclic amines) is 1. The second-order valence-corrected chi connectivity index (χ2v) is 8.91. The van der Waals surface area contributed by atoms with E-state index in [2.05, 4.69) is 81.9 Å². The first kappa shape index (κ1) is 21.2. The van der Waals surface area contributed by atoms with Crippen LogP contribution in [-0.4, -0.2) is 35.1 Å². The Balaban J connectivity index is 1.82. The molecule has 0 aliphatic carbocycles. The zero-order valence-corrected chi connectivity index (χ0v) is 18.7. The van der Waals surface area contributed by atoms with E-state index in [1.54, 1.807) is 6.92 Å². The third-order valence-electron chi connectivity index (χ3n) is 6.01. The van der Waals surface area contributed by atoms with Crippen LogP contribution in [0.2, 0.25) is 0 Å². The van der Waals surface area contributed by atoms with Crippen molar-refractivity contribution in [1.29, 1.82) is 0 Å². The molecule has 156 valence electrons. The molecular weight excluding hydrogens is 361 g/mol. The molecule has 1 saturated heterocycles. The Labute approximate surface area is 175 Å². The van der Waals surface area contributed by atoms with Crippen LogP contribution >= 0.6 is 0 Å². The number of allylic oxidation sites excluding steroid dienone is 3. The van der Waals surface area contributed by atoms with E-state index in [4.69, 9.17) is 0 Å². The molecule has 0 bridgehead atoms. The lowest BCUT2D eigenvalue weighted by Crippen LogP contribution is -2.56. The van der Waals surface area contributed by atoms with E-state index < -0.39 is 5.67 Å². The summed E-state index contributed by atoms with van der Waals surface area (Å²) < 4.78 is 14.0. The molecule has 1 aromatic carbocycles. The molecule has 0 atom stereocenters. The summed E-state index contributed by atoms with van der Waals surface area (Å²) in [6, 6.07) is 6.41. The van der Waals surface area contributed by atoms with Crippen molar-refractivity contribution in [2.75, 3.05) is 19.6 Å². The quantitative estimate of drug-likeness (QED) is 0.701. The molecule has 0 saturated carbocycles. The molecule has 0 spiro atoms. The highest BCUT2D eigenvalue weighted by Crippen LogP contribution is 2.32. The molecular formula is C25H34FN3. The Kier molecular flexibility index (Phi) is 5.92. The highest BCUT2D eigenvalue weighted by molar-refractivity contribution is 5.44. The van der Waals surface area contributed by atoms with Gasteiger partial charge in [0.15, 0.2) is 0 Å². The zero-order valence-electron chi connectivity index (χ0n) is 18.7. The minimum atomic E-state index is -1.11. The summed E-state index contributed by atoms with van der Waals surface area (Å²) in [4.78, 5) is 4.28. The second-order valence-electron chi connectivity index (χ2n) is 8.91. The van der Waals surface area contributed by atoms with Gasteiger partial charge in [-0.05, 0) is 64.3 Å². The van der Waals surface area contributed by atoms with Crippen LogP contribution in [0.3, 0.4) is 0 Å². The fourth-order valence-corrected chi connectivity index (χ4v) is 3.89. The van der Waals surface area contributed by atoms with Crippen LogP contribution in [0.15, 0.2) is 65.3 Å². The predicted octanol–water partition coefficient (Wildman–Crippen LogP) is 5.35. The molecule has 0 amide bonds. The second kappa shape index (κ2) is 8.10. The number of benzene rings is 1. The number of aryl methyl sites for hydroxylation is 2. The molecule has 3 nitrogen and oxygen atoms in total. The Morgan fingerprint density at radius 3 is 2.34 bits per heavy atom. The first-order chi connectivity index (χ1) is 13.6. The minimum absolute atomic E-state index is 0.407. The van der Waals surface area contributed by atoms with Crippen LogP contribution in [0.25, 0.3) is 0 Å². The summed E-state index contributed by atoms with van der Waals surface area (Å²) >= 11 is 0. The zero-order chi connectivity index (χ0) is 21.3. The van der Waals surface area contributed by atoms with Crippen LogP contribution in [0.1, 0.15) is 44.4 Å². The first-order valence-corrected chi connectivity index (χ1v) is 10.3. The fourth-order valence-electron chi connectivity index (χ4n) is 3.89. The summed E-state index contributed by atoms with van der Waals surface area (Å²) in [5.41, 5.74) is 8.41. The molecule has 3 rings (SSSR count). The summed E-state index contributed by atoms with van der Waals surface area (Å²) in [5.74, 6) is 0. The maximum absolute atomic E-state index is 14.0. The Hall–Kier alpha value is -2.49. The Bertz CT molecular complexity index is 872. The Morgan fingerprint density at radius 1 is 1.17 bits per heavy atom. The van der Waals surface area contributed by atoms with Gasteiger partial charge in [-0.15, -0.1) is 0 Å². The lowest BCUT2D eigenvalue weighted by molar-refractivity contribution is 0.00870. The molecule has 29 heavy (non-hydrogen) atoms. The van der Waals surface area contributed by atoms with Gasteiger partial charge < -0.3 is 15.1 Å². The standard InChI is InChI=1S/C25H34FN3/c1-17(2)20(5)28-13-22(21(6)29-15-25(7,26)16-29)11-23(14-28)27-12-24-18(3)9-8-10-19(24)4/h8-11,13,27H,6,12,14-16H2,1-5,7H3. The maximum atomic E-state index is 14.0. The topological polar surface area (TPSA) is 18.5 Å². The number of hydrogen-bond donors (Lipinski definition) is 1. The van der Waals surface area contributed by atoms with Gasteiger partial charge in [0, 0.05) is 35.4 Å². The van der Waals surface area contributed by atoms with Crippen molar-refractivity contribution in [3.63, 3.8) is 0 Å². The van der Waals surface area contributed by atoms with E-state index >= 15 is 0 Å². The minimum Gasteiger partial charge on any atom is -0.383 e. The van der Waals surface area contributed by atoms with Gasteiger partial charge in [0.1, 0.15) is 5.67 Å². The van der Waals surface area contributed by atoms with Crippen LogP contribution in [-0.2, 0) is 6.54 Å². The predicted molar refractivity (Wildman–Crippen MR) is 120 cm³/mol. The smallest absolute Gasteiger partial charge is 0.142 e. The van der Waals surface area contributed by atoms with E-state index in [1.807, 2.05) is 4.90 Å². The van der Waals surface area contributed by atoms with Gasteiger partial charge in [0.2, 0.25) is 0 Å². The molecule has 4 heteroatoms. The lowest BCUT2D eigenvalue weighted by atomic mass is 9.96. The Morgan fingerprint density at radius 2 is 1.79 bits per heavy atom. The van der Waals surface area contributed by atoms with Gasteiger partial charge in [-0.1, -0.05) is 30.4 Å². The van der Waals surface area contributed by atoms with Gasteiger partial charge in [0.05, 0.1) is 19.6 Å². The van der Waals surface area contributed by atoms with E-state index in [0.717, 1.165) is 30.1 Å². The van der Waals surface area contributed by atoms with E-state index in [9.17, 15) is 4.39 Å². The van der Waals surface area contributed by atoms with Crippen molar-refractivity contribution in [3.8, 4) is 0 Å². The number of hydrogen-bond acceptors (Lipinski definition) is 3. The lowest BCUT2D eigenvalue weighted by Gasteiger charge is -2.45. The fraction of sp³-hybridized carbons (Fsp3) is 0.440. The number of rotatable bonds is 6. The molecule has 1 aromatic rings. The van der Waals surface area contributed by atoms with Gasteiger partial charge in [-0.2, -0.15) is 0 Å². The molecule has 0 radical (unpaired) electrons. The van der Waals surface area contributed by atoms with Crippen molar-refractivity contribution >= 4 is 0 Å². The van der Waals surface area contributed by atoms with Crippen LogP contribution in [0.4, 0.5) is 4.39 Å². The van der Waals surface area contributed by atoms with Crippen LogP contribution in [0, 0.1) is 13.8 Å². The summed E-state index contributed by atoms with van der Waals surface area (Å²) in [6.45, 7) is 19.0. The van der Waals surface area contributed by atoms with Crippen molar-refractivity contribution < 1.29 is 4.39 Å². The third kappa shape index (κ3) is 4.75. The molecule has 1 N–H and O–H groups in total. The van der Waals surface area contributed by atoms with Gasteiger partial charge in [-0.3, -0.25) is 0 Å². The van der Waals surface area contributed by atoms with Gasteiger partial charge in [0.25, 0.3) is 0 Å². The van der Waals surface area contributed by atoms with Crippen molar-refractivity contribution in [2.45, 2.75) is 53.8 Å². The van der Waals surface area contributed by atoms with Gasteiger partial charge >= 0.3 is 0 Å². The van der Waals surface area contributed by atoms with E-state index in [-0.39, 0.29) is 0 Å². The highest BCUT2D eigenvalue weighted by Gasteiger charge is 2.40.